The predicted octanol–water partition coefficient (Wildman–Crippen LogP) is 0.741. The number of rotatable bonds is 4. The lowest BCUT2D eigenvalue weighted by atomic mass is 10.2. The van der Waals surface area contributed by atoms with E-state index in [9.17, 15) is 0 Å². The van der Waals surface area contributed by atoms with Crippen LogP contribution in [-0.2, 0) is 4.74 Å². The summed E-state index contributed by atoms with van der Waals surface area (Å²) in [5, 5.41) is 8.73. The summed E-state index contributed by atoms with van der Waals surface area (Å²) in [6.07, 6.45) is 0. The van der Waals surface area contributed by atoms with E-state index in [0.717, 1.165) is 44.2 Å². The summed E-state index contributed by atoms with van der Waals surface area (Å²) >= 11 is 0. The fourth-order valence-electron chi connectivity index (χ4n) is 1.94. The molecule has 1 aromatic carbocycles. The van der Waals surface area contributed by atoms with Crippen LogP contribution < -0.4 is 4.74 Å². The second-order valence-corrected chi connectivity index (χ2v) is 4.26. The van der Waals surface area contributed by atoms with Crippen LogP contribution in [0.2, 0.25) is 0 Å². The molecule has 1 saturated heterocycles. The first kappa shape index (κ1) is 13.9. The Bertz CT molecular complexity index is 444. The molecule has 4 nitrogen and oxygen atoms in total. The summed E-state index contributed by atoms with van der Waals surface area (Å²) in [5.74, 6) is 6.31. The van der Waals surface area contributed by atoms with E-state index in [1.165, 1.54) is 0 Å². The van der Waals surface area contributed by atoms with Crippen molar-refractivity contribution in [1.82, 2.24) is 4.90 Å². The van der Waals surface area contributed by atoms with Gasteiger partial charge in [0.1, 0.15) is 19.0 Å². The number of para-hydroxylation sites is 1. The average Bonchev–Trinajstić information content (AvgIpc) is 2.47. The fraction of sp³-hybridized carbons (Fsp3) is 0.467. The second-order valence-electron chi connectivity index (χ2n) is 4.26. The molecule has 0 spiro atoms. The molecule has 0 aliphatic carbocycles. The zero-order valence-corrected chi connectivity index (χ0v) is 11.0. The van der Waals surface area contributed by atoms with Crippen LogP contribution in [0.15, 0.2) is 24.3 Å². The first-order valence-corrected chi connectivity index (χ1v) is 6.52. The van der Waals surface area contributed by atoms with Crippen molar-refractivity contribution in [2.45, 2.75) is 0 Å². The Morgan fingerprint density at radius 2 is 2.05 bits per heavy atom. The molecule has 2 rings (SSSR count). The van der Waals surface area contributed by atoms with Crippen LogP contribution in [0.5, 0.6) is 5.75 Å². The molecule has 0 unspecified atom stereocenters. The largest absolute Gasteiger partial charge is 0.491 e. The Morgan fingerprint density at radius 3 is 2.84 bits per heavy atom. The van der Waals surface area contributed by atoms with E-state index < -0.39 is 0 Å². The van der Waals surface area contributed by atoms with Crippen molar-refractivity contribution in [3.63, 3.8) is 0 Å². The molecular formula is C15H19NO3. The molecule has 1 heterocycles. The summed E-state index contributed by atoms with van der Waals surface area (Å²) in [5.41, 5.74) is 0.818. The van der Waals surface area contributed by atoms with Crippen LogP contribution in [0.25, 0.3) is 0 Å². The monoisotopic (exact) mass is 261 g/mol. The van der Waals surface area contributed by atoms with Gasteiger partial charge in [0.25, 0.3) is 0 Å². The Labute approximate surface area is 113 Å². The first-order chi connectivity index (χ1) is 9.40. The van der Waals surface area contributed by atoms with E-state index in [2.05, 4.69) is 16.7 Å². The number of benzene rings is 1. The molecule has 0 atom stereocenters. The molecule has 0 aromatic heterocycles. The van der Waals surface area contributed by atoms with Gasteiger partial charge in [0, 0.05) is 19.6 Å². The molecule has 0 radical (unpaired) electrons. The highest BCUT2D eigenvalue weighted by Gasteiger charge is 2.10. The Balaban J connectivity index is 1.84. The lowest BCUT2D eigenvalue weighted by Crippen LogP contribution is -2.38. The average molecular weight is 261 g/mol. The van der Waals surface area contributed by atoms with E-state index >= 15 is 0 Å². The topological polar surface area (TPSA) is 41.9 Å². The van der Waals surface area contributed by atoms with E-state index in [1.807, 2.05) is 24.3 Å². The molecular weight excluding hydrogens is 242 g/mol. The molecule has 1 aliphatic rings. The minimum Gasteiger partial charge on any atom is -0.491 e. The van der Waals surface area contributed by atoms with E-state index in [0.29, 0.717) is 6.61 Å². The molecule has 4 heteroatoms. The highest BCUT2D eigenvalue weighted by Crippen LogP contribution is 2.16. The number of hydrogen-bond acceptors (Lipinski definition) is 4. The normalized spacial score (nSPS) is 15.6. The lowest BCUT2D eigenvalue weighted by Gasteiger charge is -2.26. The predicted molar refractivity (Wildman–Crippen MR) is 73.2 cm³/mol. The van der Waals surface area contributed by atoms with Gasteiger partial charge in [0.15, 0.2) is 0 Å². The third-order valence-electron chi connectivity index (χ3n) is 2.96. The minimum atomic E-state index is -0.137. The molecule has 0 saturated carbocycles. The lowest BCUT2D eigenvalue weighted by molar-refractivity contribution is 0.0322. The highest BCUT2D eigenvalue weighted by atomic mass is 16.5. The van der Waals surface area contributed by atoms with Crippen LogP contribution in [0.4, 0.5) is 0 Å². The molecule has 1 fully saturated rings. The van der Waals surface area contributed by atoms with Crippen molar-refractivity contribution < 1.29 is 14.6 Å². The van der Waals surface area contributed by atoms with Gasteiger partial charge >= 0.3 is 0 Å². The first-order valence-electron chi connectivity index (χ1n) is 6.52. The summed E-state index contributed by atoms with van der Waals surface area (Å²) in [7, 11) is 0. The molecule has 1 N–H and O–H groups in total. The standard InChI is InChI=1S/C15H19NO3/c17-10-3-5-14-4-1-2-6-15(14)19-13-9-16-7-11-18-12-8-16/h1-2,4,6,17H,7-13H2. The zero-order valence-electron chi connectivity index (χ0n) is 11.0. The molecule has 19 heavy (non-hydrogen) atoms. The van der Waals surface area contributed by atoms with Crippen LogP contribution in [0.1, 0.15) is 5.56 Å². The van der Waals surface area contributed by atoms with Gasteiger partial charge in [-0.15, -0.1) is 0 Å². The number of morpholine rings is 1. The number of aliphatic hydroxyl groups is 1. The van der Waals surface area contributed by atoms with Crippen molar-refractivity contribution >= 4 is 0 Å². The van der Waals surface area contributed by atoms with Crippen molar-refractivity contribution in [2.24, 2.45) is 0 Å². The van der Waals surface area contributed by atoms with Crippen molar-refractivity contribution in [1.29, 1.82) is 0 Å². The maximum Gasteiger partial charge on any atom is 0.134 e. The third kappa shape index (κ3) is 4.56. The number of ether oxygens (including phenoxy) is 2. The van der Waals surface area contributed by atoms with Gasteiger partial charge in [-0.3, -0.25) is 4.90 Å². The highest BCUT2D eigenvalue weighted by molar-refractivity contribution is 5.45. The zero-order chi connectivity index (χ0) is 13.3. The summed E-state index contributed by atoms with van der Waals surface area (Å²) in [4.78, 5) is 2.32. The van der Waals surface area contributed by atoms with E-state index in [4.69, 9.17) is 14.6 Å². The summed E-state index contributed by atoms with van der Waals surface area (Å²) < 4.78 is 11.1. The van der Waals surface area contributed by atoms with Crippen molar-refractivity contribution in [3.05, 3.63) is 29.8 Å². The van der Waals surface area contributed by atoms with Crippen molar-refractivity contribution in [2.75, 3.05) is 46.1 Å². The molecule has 0 bridgehead atoms. The van der Waals surface area contributed by atoms with Gasteiger partial charge in [-0.1, -0.05) is 24.0 Å². The fourth-order valence-corrected chi connectivity index (χ4v) is 1.94. The SMILES string of the molecule is OCC#Cc1ccccc1OCCN1CCOCC1. The van der Waals surface area contributed by atoms with Crippen LogP contribution in [0, 0.1) is 11.8 Å². The summed E-state index contributed by atoms with van der Waals surface area (Å²) in [6, 6.07) is 7.64. The minimum absolute atomic E-state index is 0.137. The molecule has 102 valence electrons. The number of nitrogens with zero attached hydrogens (tertiary/aromatic N) is 1. The Kier molecular flexibility index (Phi) is 5.70. The van der Waals surface area contributed by atoms with Gasteiger partial charge in [0.05, 0.1) is 18.8 Å². The Morgan fingerprint density at radius 1 is 1.26 bits per heavy atom. The van der Waals surface area contributed by atoms with Gasteiger partial charge < -0.3 is 14.6 Å². The number of hydrogen-bond donors (Lipinski definition) is 1. The summed E-state index contributed by atoms with van der Waals surface area (Å²) in [6.45, 7) is 4.94. The number of aliphatic hydroxyl groups excluding tert-OH is 1. The molecule has 1 aromatic rings. The second kappa shape index (κ2) is 7.80. The maximum atomic E-state index is 8.73. The van der Waals surface area contributed by atoms with Crippen molar-refractivity contribution in [3.8, 4) is 17.6 Å². The van der Waals surface area contributed by atoms with E-state index in [1.54, 1.807) is 0 Å². The molecule has 0 amide bonds. The third-order valence-corrected chi connectivity index (χ3v) is 2.96. The Hall–Kier alpha value is -1.54. The van der Waals surface area contributed by atoms with Gasteiger partial charge in [-0.05, 0) is 12.1 Å². The van der Waals surface area contributed by atoms with Gasteiger partial charge in [-0.2, -0.15) is 0 Å². The smallest absolute Gasteiger partial charge is 0.134 e. The van der Waals surface area contributed by atoms with E-state index in [-0.39, 0.29) is 6.61 Å². The quantitative estimate of drug-likeness (QED) is 0.812. The maximum absolute atomic E-state index is 8.73. The van der Waals surface area contributed by atoms with Crippen LogP contribution in [-0.4, -0.2) is 56.1 Å². The van der Waals surface area contributed by atoms with Gasteiger partial charge in [-0.25, -0.2) is 0 Å². The van der Waals surface area contributed by atoms with Crippen LogP contribution in [0.3, 0.4) is 0 Å². The molecule has 1 aliphatic heterocycles. The van der Waals surface area contributed by atoms with Gasteiger partial charge in [0.2, 0.25) is 0 Å². The van der Waals surface area contributed by atoms with Crippen LogP contribution >= 0.6 is 0 Å².